The lowest BCUT2D eigenvalue weighted by Gasteiger charge is -2.33. The average molecular weight is 362 g/mol. The van der Waals surface area contributed by atoms with Crippen molar-refractivity contribution in [1.82, 2.24) is 19.6 Å². The van der Waals surface area contributed by atoms with E-state index >= 15 is 0 Å². The van der Waals surface area contributed by atoms with Crippen molar-refractivity contribution in [2.75, 3.05) is 31.1 Å². The normalized spacial score (nSPS) is 15.9. The zero-order valence-electron chi connectivity index (χ0n) is 13.9. The highest BCUT2D eigenvalue weighted by Crippen LogP contribution is 2.18. The van der Waals surface area contributed by atoms with Gasteiger partial charge < -0.3 is 9.80 Å². The van der Waals surface area contributed by atoms with Gasteiger partial charge in [-0.25, -0.2) is 9.37 Å². The van der Waals surface area contributed by atoms with Gasteiger partial charge in [0.2, 0.25) is 0 Å². The van der Waals surface area contributed by atoms with Crippen LogP contribution < -0.4 is 9.80 Å². The van der Waals surface area contributed by atoms with Crippen molar-refractivity contribution in [3.63, 3.8) is 0 Å². The number of quaternary nitrogens is 1. The second-order valence-electron chi connectivity index (χ2n) is 6.34. The highest BCUT2D eigenvalue weighted by Gasteiger charge is 2.24. The molecule has 3 aromatic rings. The van der Waals surface area contributed by atoms with E-state index in [-0.39, 0.29) is 5.82 Å². The van der Waals surface area contributed by atoms with E-state index in [4.69, 9.17) is 11.6 Å². The number of nitrogens with zero attached hydrogens (tertiary/aromatic N) is 5. The standard InChI is InChI=1S/C17H18ClFN6/c1-12-9-16(25-17(22-12)20-11-21-25)24-7-5-23(6-8-24)10-13-14(18)3-2-4-15(13)19/h2-4,9,11H,5-8,10H2,1H3/p+1. The highest BCUT2D eigenvalue weighted by molar-refractivity contribution is 6.31. The second-order valence-corrected chi connectivity index (χ2v) is 6.75. The summed E-state index contributed by atoms with van der Waals surface area (Å²) in [5.41, 5.74) is 1.52. The molecule has 2 aromatic heterocycles. The number of aryl methyl sites for hydroxylation is 1. The molecular weight excluding hydrogens is 343 g/mol. The number of aromatic nitrogens is 4. The summed E-state index contributed by atoms with van der Waals surface area (Å²) in [6, 6.07) is 6.89. The van der Waals surface area contributed by atoms with E-state index in [2.05, 4.69) is 20.0 Å². The summed E-state index contributed by atoms with van der Waals surface area (Å²) >= 11 is 6.15. The molecule has 0 saturated carbocycles. The Morgan fingerprint density at radius 2 is 2.08 bits per heavy atom. The minimum Gasteiger partial charge on any atom is -0.345 e. The molecule has 1 saturated heterocycles. The van der Waals surface area contributed by atoms with Crippen molar-refractivity contribution in [3.05, 3.63) is 52.7 Å². The van der Waals surface area contributed by atoms with Crippen LogP contribution in [0, 0.1) is 12.7 Å². The number of benzene rings is 1. The van der Waals surface area contributed by atoms with Gasteiger partial charge in [-0.2, -0.15) is 14.6 Å². The fraction of sp³-hybridized carbons (Fsp3) is 0.353. The third-order valence-corrected chi connectivity index (χ3v) is 5.00. The van der Waals surface area contributed by atoms with Gasteiger partial charge in [0.1, 0.15) is 24.5 Å². The molecule has 0 bridgehead atoms. The van der Waals surface area contributed by atoms with Gasteiger partial charge in [0.05, 0.1) is 36.8 Å². The predicted molar refractivity (Wildman–Crippen MR) is 93.5 cm³/mol. The molecular formula is C17H19ClFN6+. The van der Waals surface area contributed by atoms with E-state index in [1.54, 1.807) is 16.6 Å². The lowest BCUT2D eigenvalue weighted by atomic mass is 10.2. The van der Waals surface area contributed by atoms with E-state index in [9.17, 15) is 4.39 Å². The van der Waals surface area contributed by atoms with Crippen LogP contribution in [-0.4, -0.2) is 45.8 Å². The molecule has 0 amide bonds. The lowest BCUT2D eigenvalue weighted by Crippen LogP contribution is -3.13. The zero-order chi connectivity index (χ0) is 17.4. The summed E-state index contributed by atoms with van der Waals surface area (Å²) in [5, 5.41) is 4.78. The van der Waals surface area contributed by atoms with Gasteiger partial charge in [-0.15, -0.1) is 0 Å². The zero-order valence-corrected chi connectivity index (χ0v) is 14.7. The van der Waals surface area contributed by atoms with Crippen LogP contribution >= 0.6 is 11.6 Å². The van der Waals surface area contributed by atoms with Gasteiger partial charge in [-0.05, 0) is 19.1 Å². The largest absolute Gasteiger partial charge is 0.345 e. The summed E-state index contributed by atoms with van der Waals surface area (Å²) in [4.78, 5) is 12.2. The molecule has 4 rings (SSSR count). The van der Waals surface area contributed by atoms with Gasteiger partial charge in [0.15, 0.2) is 0 Å². The van der Waals surface area contributed by atoms with Crippen LogP contribution in [0.3, 0.4) is 0 Å². The third kappa shape index (κ3) is 3.17. The Labute approximate surface area is 149 Å². The molecule has 0 spiro atoms. The first kappa shape index (κ1) is 16.2. The number of nitrogens with one attached hydrogen (secondary N) is 1. The Hall–Kier alpha value is -2.25. The minimum atomic E-state index is -0.225. The SMILES string of the molecule is Cc1cc(N2CC[NH+](Cc3c(F)cccc3Cl)CC2)n2ncnc2n1. The van der Waals surface area contributed by atoms with E-state index in [1.165, 1.54) is 17.3 Å². The number of rotatable bonds is 3. The van der Waals surface area contributed by atoms with Crippen LogP contribution in [0.15, 0.2) is 30.6 Å². The maximum absolute atomic E-state index is 14.0. The van der Waals surface area contributed by atoms with Crippen molar-refractivity contribution in [1.29, 1.82) is 0 Å². The summed E-state index contributed by atoms with van der Waals surface area (Å²) in [6.07, 6.45) is 1.52. The van der Waals surface area contributed by atoms with Crippen LogP contribution in [0.2, 0.25) is 5.02 Å². The molecule has 1 aliphatic heterocycles. The monoisotopic (exact) mass is 361 g/mol. The molecule has 25 heavy (non-hydrogen) atoms. The molecule has 130 valence electrons. The summed E-state index contributed by atoms with van der Waals surface area (Å²) in [7, 11) is 0. The van der Waals surface area contributed by atoms with Gasteiger partial charge in [0.25, 0.3) is 5.78 Å². The Morgan fingerprint density at radius 1 is 1.28 bits per heavy atom. The molecule has 3 heterocycles. The summed E-state index contributed by atoms with van der Waals surface area (Å²) in [5.74, 6) is 1.39. The van der Waals surface area contributed by atoms with E-state index in [0.717, 1.165) is 37.7 Å². The Kier molecular flexibility index (Phi) is 4.27. The van der Waals surface area contributed by atoms with Crippen molar-refractivity contribution >= 4 is 23.2 Å². The number of anilines is 1. The Balaban J connectivity index is 1.49. The number of fused-ring (bicyclic) bond motifs is 1. The average Bonchev–Trinajstić information content (AvgIpc) is 3.06. The van der Waals surface area contributed by atoms with Crippen molar-refractivity contribution in [3.8, 4) is 0 Å². The van der Waals surface area contributed by atoms with E-state index < -0.39 is 0 Å². The topological polar surface area (TPSA) is 50.8 Å². The predicted octanol–water partition coefficient (Wildman–Crippen LogP) is 1.13. The number of hydrogen-bond donors (Lipinski definition) is 1. The molecule has 1 aromatic carbocycles. The fourth-order valence-electron chi connectivity index (χ4n) is 3.32. The van der Waals surface area contributed by atoms with Crippen LogP contribution in [0.25, 0.3) is 5.78 Å². The summed E-state index contributed by atoms with van der Waals surface area (Å²) < 4.78 is 15.8. The summed E-state index contributed by atoms with van der Waals surface area (Å²) in [6.45, 7) is 6.09. The third-order valence-electron chi connectivity index (χ3n) is 4.64. The molecule has 0 radical (unpaired) electrons. The first-order chi connectivity index (χ1) is 12.1. The number of piperazine rings is 1. The second kappa shape index (κ2) is 6.57. The molecule has 6 nitrogen and oxygen atoms in total. The maximum atomic E-state index is 14.0. The first-order valence-electron chi connectivity index (χ1n) is 8.30. The first-order valence-corrected chi connectivity index (χ1v) is 8.68. The van der Waals surface area contributed by atoms with Crippen LogP contribution in [0.4, 0.5) is 10.2 Å². The molecule has 0 aliphatic carbocycles. The van der Waals surface area contributed by atoms with E-state index in [0.29, 0.717) is 22.9 Å². The Morgan fingerprint density at radius 3 is 2.84 bits per heavy atom. The maximum Gasteiger partial charge on any atom is 0.254 e. The van der Waals surface area contributed by atoms with Crippen molar-refractivity contribution in [2.45, 2.75) is 13.5 Å². The molecule has 0 atom stereocenters. The molecule has 8 heteroatoms. The lowest BCUT2D eigenvalue weighted by molar-refractivity contribution is -0.914. The Bertz CT molecular complexity index is 883. The van der Waals surface area contributed by atoms with Crippen LogP contribution in [-0.2, 0) is 6.54 Å². The van der Waals surface area contributed by atoms with Crippen LogP contribution in [0.1, 0.15) is 11.3 Å². The molecule has 1 N–H and O–H groups in total. The quantitative estimate of drug-likeness (QED) is 0.760. The fourth-order valence-corrected chi connectivity index (χ4v) is 3.55. The minimum absolute atomic E-state index is 0.225. The van der Waals surface area contributed by atoms with Gasteiger partial charge in [0, 0.05) is 11.8 Å². The van der Waals surface area contributed by atoms with Gasteiger partial charge in [-0.3, -0.25) is 0 Å². The van der Waals surface area contributed by atoms with E-state index in [1.807, 2.05) is 13.0 Å². The molecule has 1 aliphatic rings. The number of hydrogen-bond acceptors (Lipinski definition) is 4. The molecule has 0 unspecified atom stereocenters. The van der Waals surface area contributed by atoms with Gasteiger partial charge >= 0.3 is 0 Å². The van der Waals surface area contributed by atoms with Gasteiger partial charge in [-0.1, -0.05) is 17.7 Å². The van der Waals surface area contributed by atoms with Crippen LogP contribution in [0.5, 0.6) is 0 Å². The van der Waals surface area contributed by atoms with Crippen molar-refractivity contribution in [2.24, 2.45) is 0 Å². The number of halogens is 2. The molecule has 1 fully saturated rings. The highest BCUT2D eigenvalue weighted by atomic mass is 35.5. The smallest absolute Gasteiger partial charge is 0.254 e. The van der Waals surface area contributed by atoms with Crippen molar-refractivity contribution < 1.29 is 9.29 Å².